The fourth-order valence-electron chi connectivity index (χ4n) is 1.34. The fourth-order valence-corrected chi connectivity index (χ4v) is 1.34. The van der Waals surface area contributed by atoms with Crippen LogP contribution in [0.3, 0.4) is 0 Å². The Kier molecular flexibility index (Phi) is 3.46. The first-order chi connectivity index (χ1) is 8.99. The second kappa shape index (κ2) is 5.05. The number of anilines is 1. The SMILES string of the molecule is O=C(Nc1ccc(F)c(F)c1F)c1cccc(F)n1. The molecule has 0 radical (unpaired) electrons. The van der Waals surface area contributed by atoms with Gasteiger partial charge in [0, 0.05) is 0 Å². The Morgan fingerprint density at radius 1 is 1.00 bits per heavy atom. The number of nitrogens with zero attached hydrogens (tertiary/aromatic N) is 1. The molecule has 19 heavy (non-hydrogen) atoms. The van der Waals surface area contributed by atoms with Crippen molar-refractivity contribution >= 4 is 11.6 Å². The van der Waals surface area contributed by atoms with E-state index in [0.29, 0.717) is 6.07 Å². The Hall–Kier alpha value is -2.44. The van der Waals surface area contributed by atoms with Crippen LogP contribution in [-0.4, -0.2) is 10.9 Å². The van der Waals surface area contributed by atoms with E-state index < -0.39 is 35.0 Å². The maximum absolute atomic E-state index is 13.3. The molecule has 0 saturated heterocycles. The highest BCUT2D eigenvalue weighted by Crippen LogP contribution is 2.20. The lowest BCUT2D eigenvalue weighted by Gasteiger charge is -2.06. The van der Waals surface area contributed by atoms with Gasteiger partial charge in [0.1, 0.15) is 5.69 Å². The Morgan fingerprint density at radius 3 is 2.42 bits per heavy atom. The van der Waals surface area contributed by atoms with Gasteiger partial charge in [-0.25, -0.2) is 18.2 Å². The van der Waals surface area contributed by atoms with Crippen LogP contribution < -0.4 is 5.32 Å². The average Bonchev–Trinajstić information content (AvgIpc) is 2.39. The van der Waals surface area contributed by atoms with E-state index in [9.17, 15) is 22.4 Å². The Morgan fingerprint density at radius 2 is 1.74 bits per heavy atom. The summed E-state index contributed by atoms with van der Waals surface area (Å²) in [4.78, 5) is 14.9. The van der Waals surface area contributed by atoms with Crippen molar-refractivity contribution < 1.29 is 22.4 Å². The van der Waals surface area contributed by atoms with Gasteiger partial charge in [0.15, 0.2) is 17.5 Å². The molecule has 2 aromatic rings. The quantitative estimate of drug-likeness (QED) is 0.518. The van der Waals surface area contributed by atoms with Crippen LogP contribution in [0.2, 0.25) is 0 Å². The van der Waals surface area contributed by atoms with Crippen molar-refractivity contribution in [1.29, 1.82) is 0 Å². The summed E-state index contributed by atoms with van der Waals surface area (Å²) in [6.07, 6.45) is 0. The van der Waals surface area contributed by atoms with Gasteiger partial charge in [0.25, 0.3) is 5.91 Å². The molecule has 0 aliphatic heterocycles. The minimum atomic E-state index is -1.70. The molecular formula is C12H6F4N2O. The number of carbonyl (C=O) groups excluding carboxylic acids is 1. The first-order valence-corrected chi connectivity index (χ1v) is 5.06. The molecule has 0 aliphatic rings. The third-order valence-corrected chi connectivity index (χ3v) is 2.23. The minimum absolute atomic E-state index is 0.316. The standard InChI is InChI=1S/C12H6F4N2O/c13-6-4-5-7(11(16)10(6)15)18-12(19)8-2-1-3-9(14)17-8/h1-5H,(H,18,19). The summed E-state index contributed by atoms with van der Waals surface area (Å²) in [6, 6.07) is 4.96. The summed E-state index contributed by atoms with van der Waals surface area (Å²) in [5, 5.41) is 1.97. The molecule has 1 aromatic carbocycles. The van der Waals surface area contributed by atoms with Gasteiger partial charge >= 0.3 is 0 Å². The lowest BCUT2D eigenvalue weighted by molar-refractivity contribution is 0.102. The molecule has 0 fully saturated rings. The number of hydrogen-bond donors (Lipinski definition) is 1. The molecule has 0 aliphatic carbocycles. The van der Waals surface area contributed by atoms with E-state index in [1.807, 2.05) is 5.32 Å². The van der Waals surface area contributed by atoms with Crippen molar-refractivity contribution in [2.45, 2.75) is 0 Å². The summed E-state index contributed by atoms with van der Waals surface area (Å²) in [6.45, 7) is 0. The summed E-state index contributed by atoms with van der Waals surface area (Å²) >= 11 is 0. The third kappa shape index (κ3) is 2.70. The number of aromatic nitrogens is 1. The van der Waals surface area contributed by atoms with E-state index >= 15 is 0 Å². The van der Waals surface area contributed by atoms with Crippen LogP contribution in [-0.2, 0) is 0 Å². The van der Waals surface area contributed by atoms with Crippen LogP contribution in [0.5, 0.6) is 0 Å². The number of carbonyl (C=O) groups is 1. The van der Waals surface area contributed by atoms with Crippen molar-refractivity contribution in [1.82, 2.24) is 4.98 Å². The third-order valence-electron chi connectivity index (χ3n) is 2.23. The second-order valence-corrected chi connectivity index (χ2v) is 3.52. The van der Waals surface area contributed by atoms with E-state index in [-0.39, 0.29) is 5.69 Å². The van der Waals surface area contributed by atoms with Crippen LogP contribution >= 0.6 is 0 Å². The number of hydrogen-bond acceptors (Lipinski definition) is 2. The highest BCUT2D eigenvalue weighted by molar-refractivity contribution is 6.02. The van der Waals surface area contributed by atoms with Gasteiger partial charge in [-0.05, 0) is 24.3 Å². The molecule has 0 bridgehead atoms. The molecule has 0 atom stereocenters. The molecule has 1 heterocycles. The van der Waals surface area contributed by atoms with E-state index in [1.165, 1.54) is 12.1 Å². The summed E-state index contributed by atoms with van der Waals surface area (Å²) in [7, 11) is 0. The predicted octanol–water partition coefficient (Wildman–Crippen LogP) is 2.89. The average molecular weight is 270 g/mol. The Bertz CT molecular complexity index is 646. The summed E-state index contributed by atoms with van der Waals surface area (Å²) < 4.78 is 51.7. The van der Waals surface area contributed by atoms with Gasteiger partial charge in [-0.1, -0.05) is 6.07 Å². The topological polar surface area (TPSA) is 42.0 Å². The van der Waals surface area contributed by atoms with E-state index in [1.54, 1.807) is 0 Å². The van der Waals surface area contributed by atoms with Gasteiger partial charge in [0.05, 0.1) is 5.69 Å². The molecule has 3 nitrogen and oxygen atoms in total. The molecular weight excluding hydrogens is 264 g/mol. The molecule has 0 unspecified atom stereocenters. The summed E-state index contributed by atoms with van der Waals surface area (Å²) in [5.74, 6) is -6.45. The first-order valence-electron chi connectivity index (χ1n) is 5.06. The fraction of sp³-hybridized carbons (Fsp3) is 0. The molecule has 7 heteroatoms. The number of halogens is 4. The van der Waals surface area contributed by atoms with Gasteiger partial charge in [-0.15, -0.1) is 0 Å². The van der Waals surface area contributed by atoms with Crippen molar-refractivity contribution in [3.8, 4) is 0 Å². The molecule has 2 rings (SSSR count). The van der Waals surface area contributed by atoms with Gasteiger partial charge < -0.3 is 5.32 Å². The number of benzene rings is 1. The van der Waals surface area contributed by atoms with E-state index in [0.717, 1.165) is 12.1 Å². The lowest BCUT2D eigenvalue weighted by atomic mass is 10.2. The number of nitrogens with one attached hydrogen (secondary N) is 1. The zero-order valence-electron chi connectivity index (χ0n) is 9.25. The smallest absolute Gasteiger partial charge is 0.274 e. The van der Waals surface area contributed by atoms with Crippen molar-refractivity contribution in [3.05, 3.63) is 59.4 Å². The normalized spacial score (nSPS) is 10.3. The molecule has 1 N–H and O–H groups in total. The van der Waals surface area contributed by atoms with Gasteiger partial charge in [0.2, 0.25) is 5.95 Å². The van der Waals surface area contributed by atoms with Gasteiger partial charge in [-0.2, -0.15) is 4.39 Å². The largest absolute Gasteiger partial charge is 0.318 e. The van der Waals surface area contributed by atoms with Crippen LogP contribution in [0.25, 0.3) is 0 Å². The Labute approximate surface area is 104 Å². The van der Waals surface area contributed by atoms with Crippen molar-refractivity contribution in [2.75, 3.05) is 5.32 Å². The first kappa shape index (κ1) is 13.0. The highest BCUT2D eigenvalue weighted by Gasteiger charge is 2.16. The lowest BCUT2D eigenvalue weighted by Crippen LogP contribution is -2.15. The predicted molar refractivity (Wildman–Crippen MR) is 58.5 cm³/mol. The van der Waals surface area contributed by atoms with E-state index in [4.69, 9.17) is 0 Å². The maximum Gasteiger partial charge on any atom is 0.274 e. The monoisotopic (exact) mass is 270 g/mol. The van der Waals surface area contributed by atoms with Crippen molar-refractivity contribution in [2.24, 2.45) is 0 Å². The zero-order valence-corrected chi connectivity index (χ0v) is 9.25. The van der Waals surface area contributed by atoms with Crippen LogP contribution in [0.1, 0.15) is 10.5 Å². The van der Waals surface area contributed by atoms with Crippen molar-refractivity contribution in [3.63, 3.8) is 0 Å². The molecule has 1 amide bonds. The maximum atomic E-state index is 13.3. The Balaban J connectivity index is 2.27. The van der Waals surface area contributed by atoms with Crippen LogP contribution in [0.4, 0.5) is 23.2 Å². The molecule has 0 saturated carbocycles. The van der Waals surface area contributed by atoms with Gasteiger partial charge in [-0.3, -0.25) is 4.79 Å². The second-order valence-electron chi connectivity index (χ2n) is 3.52. The number of amides is 1. The number of pyridine rings is 1. The number of rotatable bonds is 2. The summed E-state index contributed by atoms with van der Waals surface area (Å²) in [5.41, 5.74) is -0.876. The zero-order chi connectivity index (χ0) is 14.0. The van der Waals surface area contributed by atoms with Crippen LogP contribution in [0, 0.1) is 23.4 Å². The highest BCUT2D eigenvalue weighted by atomic mass is 19.2. The molecule has 98 valence electrons. The minimum Gasteiger partial charge on any atom is -0.318 e. The molecule has 1 aromatic heterocycles. The van der Waals surface area contributed by atoms with Crippen LogP contribution in [0.15, 0.2) is 30.3 Å². The molecule has 0 spiro atoms. The van der Waals surface area contributed by atoms with E-state index in [2.05, 4.69) is 4.98 Å².